The minimum atomic E-state index is -4.40. The predicted molar refractivity (Wildman–Crippen MR) is 159 cm³/mol. The van der Waals surface area contributed by atoms with Crippen LogP contribution in [0.2, 0.25) is 0 Å². The van der Waals surface area contributed by atoms with Crippen molar-refractivity contribution in [2.75, 3.05) is 18.4 Å². The van der Waals surface area contributed by atoms with Crippen LogP contribution in [0, 0.1) is 13.8 Å². The molecule has 3 heterocycles. The lowest BCUT2D eigenvalue weighted by atomic mass is 10.0. The second-order valence-electron chi connectivity index (χ2n) is 10.9. The van der Waals surface area contributed by atoms with Gasteiger partial charge in [0.2, 0.25) is 5.91 Å². The zero-order valence-electron chi connectivity index (χ0n) is 24.1. The first-order valence-electron chi connectivity index (χ1n) is 14.2. The maximum atomic E-state index is 13.6. The van der Waals surface area contributed by atoms with Crippen molar-refractivity contribution in [2.24, 2.45) is 0 Å². The Bertz CT molecular complexity index is 1540. The minimum absolute atomic E-state index is 0.0117. The SMILES string of the molecule is Cc1cc(Nc2ccc(CN(C(=O)/C=C/c3ccc(C(F)(F)F)cc3)C3CCN(Cc4cc(C)on4)CC3)cc2)ccn1. The van der Waals surface area contributed by atoms with Crippen LogP contribution in [-0.2, 0) is 24.1 Å². The number of aryl methyl sites for hydroxylation is 2. The van der Waals surface area contributed by atoms with Gasteiger partial charge in [0, 0.05) is 67.6 Å². The number of hydrogen-bond acceptors (Lipinski definition) is 6. The molecule has 10 heteroatoms. The first-order valence-corrected chi connectivity index (χ1v) is 14.2. The number of amides is 1. The van der Waals surface area contributed by atoms with Crippen LogP contribution in [0.1, 0.15) is 46.7 Å². The second-order valence-corrected chi connectivity index (χ2v) is 10.9. The molecule has 224 valence electrons. The van der Waals surface area contributed by atoms with E-state index in [0.717, 1.165) is 72.2 Å². The molecular weight excluding hydrogens is 555 g/mol. The van der Waals surface area contributed by atoms with Gasteiger partial charge in [0.25, 0.3) is 0 Å². The Kier molecular flexibility index (Phi) is 9.25. The lowest BCUT2D eigenvalue weighted by Crippen LogP contribution is -2.46. The third kappa shape index (κ3) is 8.32. The molecule has 0 atom stereocenters. The van der Waals surface area contributed by atoms with Gasteiger partial charge in [-0.05, 0) is 80.3 Å². The second kappa shape index (κ2) is 13.2. The Hall–Kier alpha value is -4.44. The van der Waals surface area contributed by atoms with Crippen molar-refractivity contribution in [2.45, 2.75) is 52.0 Å². The van der Waals surface area contributed by atoms with Crippen molar-refractivity contribution in [1.29, 1.82) is 0 Å². The first-order chi connectivity index (χ1) is 20.6. The van der Waals surface area contributed by atoms with Gasteiger partial charge in [0.15, 0.2) is 0 Å². The Balaban J connectivity index is 1.28. The summed E-state index contributed by atoms with van der Waals surface area (Å²) in [5.74, 6) is 0.596. The summed E-state index contributed by atoms with van der Waals surface area (Å²) in [7, 11) is 0. The summed E-state index contributed by atoms with van der Waals surface area (Å²) in [6, 6.07) is 18.6. The van der Waals surface area contributed by atoms with Crippen molar-refractivity contribution in [1.82, 2.24) is 19.9 Å². The molecule has 1 fully saturated rings. The minimum Gasteiger partial charge on any atom is -0.361 e. The largest absolute Gasteiger partial charge is 0.416 e. The fourth-order valence-corrected chi connectivity index (χ4v) is 5.22. The molecular formula is C33H34F3N5O2. The maximum Gasteiger partial charge on any atom is 0.416 e. The number of nitrogens with zero attached hydrogens (tertiary/aromatic N) is 4. The zero-order valence-corrected chi connectivity index (χ0v) is 24.1. The van der Waals surface area contributed by atoms with E-state index in [0.29, 0.717) is 18.7 Å². The Morgan fingerprint density at radius 1 is 1.02 bits per heavy atom. The molecule has 0 aliphatic carbocycles. The van der Waals surface area contributed by atoms with Crippen LogP contribution in [0.15, 0.2) is 83.5 Å². The van der Waals surface area contributed by atoms with E-state index < -0.39 is 11.7 Å². The van der Waals surface area contributed by atoms with Crippen LogP contribution < -0.4 is 5.32 Å². The van der Waals surface area contributed by atoms with Gasteiger partial charge < -0.3 is 14.7 Å². The predicted octanol–water partition coefficient (Wildman–Crippen LogP) is 7.16. The van der Waals surface area contributed by atoms with Crippen molar-refractivity contribution in [3.63, 3.8) is 0 Å². The van der Waals surface area contributed by atoms with Crippen LogP contribution in [0.25, 0.3) is 6.08 Å². The maximum absolute atomic E-state index is 13.6. The lowest BCUT2D eigenvalue weighted by molar-refractivity contribution is -0.137. The quantitative estimate of drug-likeness (QED) is 0.209. The molecule has 4 aromatic rings. The summed E-state index contributed by atoms with van der Waals surface area (Å²) < 4.78 is 44.1. The van der Waals surface area contributed by atoms with Gasteiger partial charge in [-0.2, -0.15) is 13.2 Å². The molecule has 1 aliphatic heterocycles. The summed E-state index contributed by atoms with van der Waals surface area (Å²) >= 11 is 0. The molecule has 1 aliphatic rings. The monoisotopic (exact) mass is 589 g/mol. The topological polar surface area (TPSA) is 74.5 Å². The number of rotatable bonds is 9. The Labute approximate surface area is 249 Å². The van der Waals surface area contributed by atoms with Crippen molar-refractivity contribution >= 4 is 23.4 Å². The number of aromatic nitrogens is 2. The molecule has 0 saturated carbocycles. The highest BCUT2D eigenvalue weighted by atomic mass is 19.4. The summed E-state index contributed by atoms with van der Waals surface area (Å²) in [4.78, 5) is 22.0. The number of carbonyl (C=O) groups excluding carboxylic acids is 1. The number of alkyl halides is 3. The standard InChI is InChI=1S/C33H34F3N5O2/c1-23-19-29(13-16-37-23)38-28-10-5-26(6-11-28)21-41(31-14-17-40(18-15-31)22-30-20-24(2)43-39-30)32(42)12-7-25-3-8-27(9-4-25)33(34,35)36/h3-13,16,19-20,31H,14-15,17-18,21-22H2,1-2H3,(H,37,38)/b12-7+. The zero-order chi connectivity index (χ0) is 30.4. The molecule has 0 bridgehead atoms. The Morgan fingerprint density at radius 2 is 1.74 bits per heavy atom. The van der Waals surface area contributed by atoms with E-state index in [4.69, 9.17) is 4.52 Å². The number of likely N-dealkylation sites (tertiary alicyclic amines) is 1. The third-order valence-electron chi connectivity index (χ3n) is 7.49. The van der Waals surface area contributed by atoms with Gasteiger partial charge >= 0.3 is 6.18 Å². The van der Waals surface area contributed by atoms with Crippen molar-refractivity contribution < 1.29 is 22.5 Å². The van der Waals surface area contributed by atoms with Gasteiger partial charge in [-0.1, -0.05) is 29.4 Å². The molecule has 43 heavy (non-hydrogen) atoms. The molecule has 1 N–H and O–H groups in total. The molecule has 2 aromatic heterocycles. The highest BCUT2D eigenvalue weighted by Crippen LogP contribution is 2.29. The van der Waals surface area contributed by atoms with Crippen LogP contribution in [-0.4, -0.2) is 45.0 Å². The number of pyridine rings is 1. The van der Waals surface area contributed by atoms with Crippen molar-refractivity contribution in [3.8, 4) is 0 Å². The average molecular weight is 590 g/mol. The number of benzene rings is 2. The van der Waals surface area contributed by atoms with Gasteiger partial charge in [0.05, 0.1) is 11.3 Å². The fraction of sp³-hybridized carbons (Fsp3) is 0.303. The molecule has 5 rings (SSSR count). The number of hydrogen-bond donors (Lipinski definition) is 1. The number of piperidine rings is 1. The molecule has 2 aromatic carbocycles. The van der Waals surface area contributed by atoms with E-state index in [1.54, 1.807) is 12.3 Å². The Morgan fingerprint density at radius 3 is 2.37 bits per heavy atom. The number of carbonyl (C=O) groups is 1. The normalized spacial score (nSPS) is 14.7. The molecule has 1 saturated heterocycles. The van der Waals surface area contributed by atoms with Crippen LogP contribution >= 0.6 is 0 Å². The van der Waals surface area contributed by atoms with Crippen molar-refractivity contribution in [3.05, 3.63) is 113 Å². The first kappa shape index (κ1) is 30.0. The van der Waals surface area contributed by atoms with E-state index in [-0.39, 0.29) is 11.9 Å². The van der Waals surface area contributed by atoms with E-state index in [2.05, 4.69) is 20.4 Å². The highest BCUT2D eigenvalue weighted by molar-refractivity contribution is 5.92. The van der Waals surface area contributed by atoms with E-state index >= 15 is 0 Å². The summed E-state index contributed by atoms with van der Waals surface area (Å²) in [5, 5.41) is 7.47. The number of anilines is 2. The summed E-state index contributed by atoms with van der Waals surface area (Å²) in [6.45, 7) is 6.52. The molecule has 0 spiro atoms. The average Bonchev–Trinajstić information content (AvgIpc) is 3.40. The number of nitrogens with one attached hydrogen (secondary N) is 1. The molecule has 1 amide bonds. The van der Waals surface area contributed by atoms with Gasteiger partial charge in [-0.25, -0.2) is 0 Å². The third-order valence-corrected chi connectivity index (χ3v) is 7.49. The van der Waals surface area contributed by atoms with Gasteiger partial charge in [-0.3, -0.25) is 14.7 Å². The fourth-order valence-electron chi connectivity index (χ4n) is 5.22. The van der Waals surface area contributed by atoms with Crippen LogP contribution in [0.3, 0.4) is 0 Å². The van der Waals surface area contributed by atoms with E-state index in [1.165, 1.54) is 18.2 Å². The molecule has 0 radical (unpaired) electrons. The summed E-state index contributed by atoms with van der Waals surface area (Å²) in [6.07, 6.45) is 1.95. The van der Waals surface area contributed by atoms with E-state index in [1.807, 2.05) is 61.2 Å². The molecule has 7 nitrogen and oxygen atoms in total. The van der Waals surface area contributed by atoms with Crippen LogP contribution in [0.4, 0.5) is 24.5 Å². The van der Waals surface area contributed by atoms with Gasteiger partial charge in [-0.15, -0.1) is 0 Å². The highest BCUT2D eigenvalue weighted by Gasteiger charge is 2.30. The number of halogens is 3. The van der Waals surface area contributed by atoms with E-state index in [9.17, 15) is 18.0 Å². The molecule has 0 unspecified atom stereocenters. The lowest BCUT2D eigenvalue weighted by Gasteiger charge is -2.38. The summed E-state index contributed by atoms with van der Waals surface area (Å²) in [5.41, 5.74) is 4.46. The van der Waals surface area contributed by atoms with Gasteiger partial charge in [0.1, 0.15) is 5.76 Å². The van der Waals surface area contributed by atoms with Crippen LogP contribution in [0.5, 0.6) is 0 Å². The smallest absolute Gasteiger partial charge is 0.361 e.